The van der Waals surface area contributed by atoms with Gasteiger partial charge in [0.25, 0.3) is 0 Å². The van der Waals surface area contributed by atoms with E-state index in [0.29, 0.717) is 16.5 Å². The lowest BCUT2D eigenvalue weighted by Crippen LogP contribution is -2.39. The molecule has 0 aliphatic carbocycles. The molecule has 0 radical (unpaired) electrons. The van der Waals surface area contributed by atoms with Gasteiger partial charge in [0.15, 0.2) is 5.96 Å². The maximum atomic E-state index is 10.3. The number of aliphatic hydroxyl groups is 1. The minimum absolute atomic E-state index is 0. The van der Waals surface area contributed by atoms with Gasteiger partial charge < -0.3 is 20.2 Å². The highest BCUT2D eigenvalue weighted by molar-refractivity contribution is 14.0. The second-order valence-electron chi connectivity index (χ2n) is 5.57. The highest BCUT2D eigenvalue weighted by Gasteiger charge is 2.13. The average molecular weight is 478 g/mol. The summed E-state index contributed by atoms with van der Waals surface area (Å²) in [5.74, 6) is 2.32. The van der Waals surface area contributed by atoms with Gasteiger partial charge in [-0.05, 0) is 39.0 Å². The Labute approximate surface area is 170 Å². The van der Waals surface area contributed by atoms with Crippen molar-refractivity contribution in [2.75, 3.05) is 13.1 Å². The van der Waals surface area contributed by atoms with E-state index in [1.165, 1.54) is 0 Å². The zero-order valence-corrected chi connectivity index (χ0v) is 17.7. The summed E-state index contributed by atoms with van der Waals surface area (Å²) in [6, 6.07) is 11.1. The fraction of sp³-hybridized carbons (Fsp3) is 0.389. The minimum Gasteiger partial charge on any atom is -0.464 e. The lowest BCUT2D eigenvalue weighted by molar-refractivity contribution is 0.187. The maximum Gasteiger partial charge on any atom is 0.191 e. The van der Waals surface area contributed by atoms with Gasteiger partial charge in [0.1, 0.15) is 17.6 Å². The van der Waals surface area contributed by atoms with E-state index in [1.807, 2.05) is 45.0 Å². The van der Waals surface area contributed by atoms with E-state index in [0.717, 1.165) is 18.1 Å². The molecular weight excluding hydrogens is 453 g/mol. The van der Waals surface area contributed by atoms with E-state index in [-0.39, 0.29) is 36.6 Å². The largest absolute Gasteiger partial charge is 0.464 e. The van der Waals surface area contributed by atoms with Crippen LogP contribution in [-0.2, 0) is 0 Å². The fourth-order valence-electron chi connectivity index (χ4n) is 2.30. The normalized spacial score (nSPS) is 13.7. The molecule has 0 aliphatic heterocycles. The molecular formula is C18H25ClIN3O2. The molecule has 1 aromatic heterocycles. The first-order valence-corrected chi connectivity index (χ1v) is 8.42. The summed E-state index contributed by atoms with van der Waals surface area (Å²) in [7, 11) is 0. The third kappa shape index (κ3) is 6.52. The zero-order valence-electron chi connectivity index (χ0n) is 14.6. The van der Waals surface area contributed by atoms with Crippen LogP contribution in [0.25, 0.3) is 0 Å². The second kappa shape index (κ2) is 10.7. The summed E-state index contributed by atoms with van der Waals surface area (Å²) >= 11 is 6.11. The molecule has 2 rings (SSSR count). The van der Waals surface area contributed by atoms with Crippen LogP contribution < -0.4 is 10.6 Å². The Morgan fingerprint density at radius 3 is 2.60 bits per heavy atom. The second-order valence-corrected chi connectivity index (χ2v) is 5.98. The molecule has 2 unspecified atom stereocenters. The van der Waals surface area contributed by atoms with Gasteiger partial charge >= 0.3 is 0 Å². The smallest absolute Gasteiger partial charge is 0.191 e. The van der Waals surface area contributed by atoms with Gasteiger partial charge in [-0.15, -0.1) is 24.0 Å². The summed E-state index contributed by atoms with van der Waals surface area (Å²) in [6.45, 7) is 6.83. The quantitative estimate of drug-likeness (QED) is 0.331. The van der Waals surface area contributed by atoms with E-state index in [2.05, 4.69) is 15.6 Å². The van der Waals surface area contributed by atoms with Crippen molar-refractivity contribution in [3.05, 3.63) is 58.5 Å². The van der Waals surface area contributed by atoms with Gasteiger partial charge in [0.05, 0.1) is 12.6 Å². The van der Waals surface area contributed by atoms with E-state index < -0.39 is 6.10 Å². The van der Waals surface area contributed by atoms with Gasteiger partial charge in [-0.1, -0.05) is 29.8 Å². The van der Waals surface area contributed by atoms with E-state index in [1.54, 1.807) is 12.1 Å². The molecule has 25 heavy (non-hydrogen) atoms. The van der Waals surface area contributed by atoms with E-state index >= 15 is 0 Å². The van der Waals surface area contributed by atoms with Gasteiger partial charge in [-0.3, -0.25) is 4.99 Å². The molecule has 7 heteroatoms. The number of benzene rings is 1. The Morgan fingerprint density at radius 1 is 1.28 bits per heavy atom. The molecule has 0 saturated carbocycles. The molecule has 0 fully saturated rings. The number of aliphatic imine (C=N–C) groups is 1. The Bertz CT molecular complexity index is 690. The van der Waals surface area contributed by atoms with Crippen LogP contribution in [0, 0.1) is 6.92 Å². The van der Waals surface area contributed by atoms with Crippen LogP contribution >= 0.6 is 35.6 Å². The number of hydrogen-bond acceptors (Lipinski definition) is 3. The number of aryl methyl sites for hydroxylation is 1. The van der Waals surface area contributed by atoms with Gasteiger partial charge in [-0.2, -0.15) is 0 Å². The molecule has 2 atom stereocenters. The summed E-state index contributed by atoms with van der Waals surface area (Å²) < 4.78 is 5.62. The highest BCUT2D eigenvalue weighted by atomic mass is 127. The first-order valence-electron chi connectivity index (χ1n) is 8.05. The first kappa shape index (κ1) is 21.8. The predicted octanol–water partition coefficient (Wildman–Crippen LogP) is 4.21. The number of guanidine groups is 1. The number of aliphatic hydroxyl groups excluding tert-OH is 1. The van der Waals surface area contributed by atoms with Gasteiger partial charge in [0, 0.05) is 17.1 Å². The van der Waals surface area contributed by atoms with Crippen molar-refractivity contribution in [1.29, 1.82) is 0 Å². The van der Waals surface area contributed by atoms with E-state index in [9.17, 15) is 5.11 Å². The van der Waals surface area contributed by atoms with Crippen molar-refractivity contribution in [3.8, 4) is 0 Å². The standard InChI is InChI=1S/C18H24ClN3O2.HI/c1-4-20-18(22-13(3)17-10-9-12(2)24-17)21-11-16(23)14-7-5-6-8-15(14)19;/h5-10,13,16,23H,4,11H2,1-3H3,(H2,20,21,22);1H. The molecule has 0 saturated heterocycles. The van der Waals surface area contributed by atoms with Crippen molar-refractivity contribution in [2.24, 2.45) is 4.99 Å². The lowest BCUT2D eigenvalue weighted by Gasteiger charge is -2.17. The number of nitrogens with one attached hydrogen (secondary N) is 2. The van der Waals surface area contributed by atoms with Crippen LogP contribution in [0.2, 0.25) is 5.02 Å². The van der Waals surface area contributed by atoms with Crippen LogP contribution in [0.3, 0.4) is 0 Å². The predicted molar refractivity (Wildman–Crippen MR) is 113 cm³/mol. The highest BCUT2D eigenvalue weighted by Crippen LogP contribution is 2.22. The number of halogens is 2. The number of nitrogens with zero attached hydrogens (tertiary/aromatic N) is 1. The molecule has 5 nitrogen and oxygen atoms in total. The lowest BCUT2D eigenvalue weighted by atomic mass is 10.1. The molecule has 2 aromatic rings. The molecule has 0 amide bonds. The third-order valence-electron chi connectivity index (χ3n) is 3.57. The SMILES string of the molecule is CCNC(=NCC(O)c1ccccc1Cl)NC(C)c1ccc(C)o1.I. The summed E-state index contributed by atoms with van der Waals surface area (Å²) in [4.78, 5) is 4.45. The Balaban J connectivity index is 0.00000312. The summed E-state index contributed by atoms with van der Waals surface area (Å²) in [5, 5.41) is 17.3. The molecule has 138 valence electrons. The molecule has 1 heterocycles. The molecule has 0 aliphatic rings. The Hall–Kier alpha value is -1.25. The average Bonchev–Trinajstić information content (AvgIpc) is 2.99. The van der Waals surface area contributed by atoms with Crippen molar-refractivity contribution >= 4 is 41.5 Å². The van der Waals surface area contributed by atoms with Crippen molar-refractivity contribution in [1.82, 2.24) is 10.6 Å². The topological polar surface area (TPSA) is 69.8 Å². The van der Waals surface area contributed by atoms with Crippen LogP contribution in [0.15, 0.2) is 45.8 Å². The Kier molecular flexibility index (Phi) is 9.31. The fourth-order valence-corrected chi connectivity index (χ4v) is 2.57. The van der Waals surface area contributed by atoms with Gasteiger partial charge in [-0.25, -0.2) is 0 Å². The third-order valence-corrected chi connectivity index (χ3v) is 3.92. The van der Waals surface area contributed by atoms with Crippen LogP contribution in [0.1, 0.15) is 43.1 Å². The molecule has 3 N–H and O–H groups in total. The van der Waals surface area contributed by atoms with Crippen molar-refractivity contribution in [2.45, 2.75) is 32.9 Å². The summed E-state index contributed by atoms with van der Waals surface area (Å²) in [6.07, 6.45) is -0.754. The van der Waals surface area contributed by atoms with Crippen molar-refractivity contribution < 1.29 is 9.52 Å². The molecule has 0 spiro atoms. The molecule has 0 bridgehead atoms. The van der Waals surface area contributed by atoms with E-state index in [4.69, 9.17) is 16.0 Å². The number of furan rings is 1. The summed E-state index contributed by atoms with van der Waals surface area (Å²) in [5.41, 5.74) is 0.675. The van der Waals surface area contributed by atoms with Crippen LogP contribution in [-0.4, -0.2) is 24.2 Å². The zero-order chi connectivity index (χ0) is 17.5. The first-order chi connectivity index (χ1) is 11.5. The van der Waals surface area contributed by atoms with Crippen LogP contribution in [0.4, 0.5) is 0 Å². The van der Waals surface area contributed by atoms with Crippen LogP contribution in [0.5, 0.6) is 0 Å². The minimum atomic E-state index is -0.754. The number of rotatable bonds is 6. The monoisotopic (exact) mass is 477 g/mol. The molecule has 1 aromatic carbocycles. The Morgan fingerprint density at radius 2 is 2.00 bits per heavy atom. The van der Waals surface area contributed by atoms with Crippen molar-refractivity contribution in [3.63, 3.8) is 0 Å². The number of hydrogen-bond donors (Lipinski definition) is 3. The van der Waals surface area contributed by atoms with Gasteiger partial charge in [0.2, 0.25) is 0 Å². The maximum absolute atomic E-state index is 10.3.